The molecular formula is C25H24N4O3. The van der Waals surface area contributed by atoms with Gasteiger partial charge in [0.2, 0.25) is 11.8 Å². The van der Waals surface area contributed by atoms with Crippen molar-refractivity contribution in [2.45, 2.75) is 19.8 Å². The van der Waals surface area contributed by atoms with Crippen LogP contribution in [0.15, 0.2) is 72.8 Å². The number of nitrogens with one attached hydrogen (secondary N) is 2. The van der Waals surface area contributed by atoms with Gasteiger partial charge in [-0.05, 0) is 42.5 Å². The molecule has 2 N–H and O–H groups in total. The number of hydrogen-bond donors (Lipinski definition) is 2. The lowest BCUT2D eigenvalue weighted by Crippen LogP contribution is -2.15. The summed E-state index contributed by atoms with van der Waals surface area (Å²) < 4.78 is 7.43. The van der Waals surface area contributed by atoms with Gasteiger partial charge >= 0.3 is 0 Å². The Balaban J connectivity index is 1.55. The first-order valence-electron chi connectivity index (χ1n) is 10.3. The van der Waals surface area contributed by atoms with Crippen molar-refractivity contribution in [1.29, 1.82) is 0 Å². The molecule has 32 heavy (non-hydrogen) atoms. The van der Waals surface area contributed by atoms with Crippen LogP contribution in [0, 0.1) is 0 Å². The van der Waals surface area contributed by atoms with E-state index in [1.54, 1.807) is 18.2 Å². The van der Waals surface area contributed by atoms with Gasteiger partial charge in [0.1, 0.15) is 11.6 Å². The van der Waals surface area contributed by atoms with Gasteiger partial charge in [-0.3, -0.25) is 14.2 Å². The third-order valence-corrected chi connectivity index (χ3v) is 5.01. The minimum atomic E-state index is -0.188. The number of rotatable bonds is 7. The normalized spacial score (nSPS) is 10.7. The molecule has 0 aliphatic heterocycles. The Labute approximate surface area is 186 Å². The molecule has 0 radical (unpaired) electrons. The number of methoxy groups -OCH3 is 1. The van der Waals surface area contributed by atoms with Crippen molar-refractivity contribution < 1.29 is 14.3 Å². The molecule has 0 bridgehead atoms. The van der Waals surface area contributed by atoms with E-state index in [0.717, 1.165) is 22.5 Å². The molecule has 7 heteroatoms. The van der Waals surface area contributed by atoms with E-state index in [4.69, 9.17) is 9.72 Å². The number of aryl methyl sites for hydroxylation is 1. The van der Waals surface area contributed by atoms with E-state index in [9.17, 15) is 9.59 Å². The van der Waals surface area contributed by atoms with Crippen molar-refractivity contribution in [2.75, 3.05) is 17.7 Å². The number of carbonyl (C=O) groups excluding carboxylic acids is 2. The molecule has 0 aliphatic carbocycles. The van der Waals surface area contributed by atoms with Gasteiger partial charge in [0.15, 0.2) is 0 Å². The summed E-state index contributed by atoms with van der Waals surface area (Å²) in [6.45, 7) is 1.43. The van der Waals surface area contributed by atoms with Crippen LogP contribution in [0.4, 0.5) is 11.4 Å². The summed E-state index contributed by atoms with van der Waals surface area (Å²) in [5.74, 6) is 0.970. The maximum Gasteiger partial charge on any atom is 0.224 e. The first-order chi connectivity index (χ1) is 15.5. The molecule has 4 rings (SSSR count). The zero-order chi connectivity index (χ0) is 22.5. The molecule has 3 aromatic carbocycles. The largest absolute Gasteiger partial charge is 0.495 e. The van der Waals surface area contributed by atoms with Crippen LogP contribution in [0.3, 0.4) is 0 Å². The average molecular weight is 428 g/mol. The number of imidazole rings is 1. The Morgan fingerprint density at radius 2 is 1.72 bits per heavy atom. The first kappa shape index (κ1) is 21.1. The number of nitrogens with zero attached hydrogens (tertiary/aromatic N) is 2. The fraction of sp³-hybridized carbons (Fsp3) is 0.160. The lowest BCUT2D eigenvalue weighted by atomic mass is 10.2. The molecule has 0 saturated heterocycles. The van der Waals surface area contributed by atoms with Crippen molar-refractivity contribution in [2.24, 2.45) is 0 Å². The fourth-order valence-electron chi connectivity index (χ4n) is 3.63. The highest BCUT2D eigenvalue weighted by molar-refractivity contribution is 5.95. The third-order valence-electron chi connectivity index (χ3n) is 5.01. The Hall–Kier alpha value is -4.13. The fourth-order valence-corrected chi connectivity index (χ4v) is 3.63. The van der Waals surface area contributed by atoms with E-state index in [1.165, 1.54) is 14.0 Å². The second kappa shape index (κ2) is 9.34. The molecular weight excluding hydrogens is 404 g/mol. The molecule has 0 spiro atoms. The maximum absolute atomic E-state index is 12.8. The summed E-state index contributed by atoms with van der Waals surface area (Å²) in [6.07, 6.45) is 0.701. The Morgan fingerprint density at radius 3 is 2.47 bits per heavy atom. The van der Waals surface area contributed by atoms with Crippen LogP contribution < -0.4 is 15.4 Å². The van der Waals surface area contributed by atoms with E-state index < -0.39 is 0 Å². The highest BCUT2D eigenvalue weighted by atomic mass is 16.5. The maximum atomic E-state index is 12.8. The van der Waals surface area contributed by atoms with Gasteiger partial charge in [-0.1, -0.05) is 30.3 Å². The number of para-hydroxylation sites is 3. The number of carbonyl (C=O) groups is 2. The summed E-state index contributed by atoms with van der Waals surface area (Å²) >= 11 is 0. The average Bonchev–Trinajstić information content (AvgIpc) is 3.16. The highest BCUT2D eigenvalue weighted by Crippen LogP contribution is 2.28. The molecule has 0 fully saturated rings. The smallest absolute Gasteiger partial charge is 0.224 e. The number of aromatic nitrogens is 2. The van der Waals surface area contributed by atoms with E-state index in [2.05, 4.69) is 15.2 Å². The molecule has 162 valence electrons. The predicted octanol–water partition coefficient (Wildman–Crippen LogP) is 4.56. The van der Waals surface area contributed by atoms with Crippen molar-refractivity contribution in [3.63, 3.8) is 0 Å². The predicted molar refractivity (Wildman–Crippen MR) is 125 cm³/mol. The van der Waals surface area contributed by atoms with Crippen LogP contribution in [0.1, 0.15) is 19.2 Å². The lowest BCUT2D eigenvalue weighted by Gasteiger charge is -2.13. The summed E-state index contributed by atoms with van der Waals surface area (Å²) in [5, 5.41) is 5.60. The number of hydrogen-bond acceptors (Lipinski definition) is 4. The number of amides is 2. The molecule has 0 unspecified atom stereocenters. The lowest BCUT2D eigenvalue weighted by molar-refractivity contribution is -0.116. The van der Waals surface area contributed by atoms with Crippen molar-refractivity contribution in [1.82, 2.24) is 9.55 Å². The Morgan fingerprint density at radius 1 is 0.969 bits per heavy atom. The van der Waals surface area contributed by atoms with Gasteiger partial charge in [-0.25, -0.2) is 4.98 Å². The molecule has 1 aromatic heterocycles. The molecule has 0 saturated carbocycles. The molecule has 0 atom stereocenters. The topological polar surface area (TPSA) is 85.2 Å². The molecule has 2 amide bonds. The molecule has 1 heterocycles. The monoisotopic (exact) mass is 428 g/mol. The number of benzene rings is 3. The standard InChI is InChI=1S/C25H24N4O3/c1-17(30)26-18-12-13-23(32-2)21(16-18)28-25(31)15-14-24-27-20-10-6-7-11-22(20)29(24)19-8-4-3-5-9-19/h3-13,16H,14-15H2,1-2H3,(H,26,30)(H,28,31). The zero-order valence-corrected chi connectivity index (χ0v) is 18.0. The Kier molecular flexibility index (Phi) is 6.17. The van der Waals surface area contributed by atoms with E-state index in [-0.39, 0.29) is 18.2 Å². The third kappa shape index (κ3) is 4.62. The van der Waals surface area contributed by atoms with E-state index in [1.807, 2.05) is 54.6 Å². The van der Waals surface area contributed by atoms with Crippen LogP contribution in [-0.4, -0.2) is 28.5 Å². The van der Waals surface area contributed by atoms with Gasteiger partial charge in [0.05, 0.1) is 23.8 Å². The van der Waals surface area contributed by atoms with Gasteiger partial charge in [0.25, 0.3) is 0 Å². The summed E-state index contributed by atoms with van der Waals surface area (Å²) in [6, 6.07) is 23.0. The van der Waals surface area contributed by atoms with Crippen LogP contribution in [-0.2, 0) is 16.0 Å². The second-order valence-corrected chi connectivity index (χ2v) is 7.33. The quantitative estimate of drug-likeness (QED) is 0.452. The van der Waals surface area contributed by atoms with Gasteiger partial charge in [-0.15, -0.1) is 0 Å². The summed E-state index contributed by atoms with van der Waals surface area (Å²) in [4.78, 5) is 28.9. The van der Waals surface area contributed by atoms with Gasteiger partial charge < -0.3 is 15.4 Å². The minimum absolute atomic E-state index is 0.171. The van der Waals surface area contributed by atoms with Crippen molar-refractivity contribution >= 4 is 34.2 Å². The first-order valence-corrected chi connectivity index (χ1v) is 10.3. The molecule has 7 nitrogen and oxygen atoms in total. The molecule has 4 aromatic rings. The van der Waals surface area contributed by atoms with Crippen LogP contribution in [0.5, 0.6) is 5.75 Å². The van der Waals surface area contributed by atoms with Crippen LogP contribution in [0.25, 0.3) is 16.7 Å². The highest BCUT2D eigenvalue weighted by Gasteiger charge is 2.15. The zero-order valence-electron chi connectivity index (χ0n) is 18.0. The number of ether oxygens (including phenoxy) is 1. The van der Waals surface area contributed by atoms with Gasteiger partial charge in [-0.2, -0.15) is 0 Å². The molecule has 0 aliphatic rings. The van der Waals surface area contributed by atoms with Crippen molar-refractivity contribution in [3.8, 4) is 11.4 Å². The number of fused-ring (bicyclic) bond motifs is 1. The summed E-state index contributed by atoms with van der Waals surface area (Å²) in [7, 11) is 1.53. The number of anilines is 2. The van der Waals surface area contributed by atoms with E-state index in [0.29, 0.717) is 23.5 Å². The Bertz CT molecular complexity index is 1260. The summed E-state index contributed by atoms with van der Waals surface area (Å²) in [5.41, 5.74) is 3.97. The SMILES string of the molecule is COc1ccc(NC(C)=O)cc1NC(=O)CCc1nc2ccccc2n1-c1ccccc1. The van der Waals surface area contributed by atoms with Crippen LogP contribution >= 0.6 is 0 Å². The van der Waals surface area contributed by atoms with Crippen molar-refractivity contribution in [3.05, 3.63) is 78.6 Å². The minimum Gasteiger partial charge on any atom is -0.495 e. The second-order valence-electron chi connectivity index (χ2n) is 7.33. The van der Waals surface area contributed by atoms with Crippen LogP contribution in [0.2, 0.25) is 0 Å². The van der Waals surface area contributed by atoms with Gasteiger partial charge in [0, 0.05) is 31.1 Å². The van der Waals surface area contributed by atoms with E-state index >= 15 is 0 Å².